The van der Waals surface area contributed by atoms with Crippen LogP contribution >= 0.6 is 0 Å². The molecule has 0 aromatic heterocycles. The highest BCUT2D eigenvalue weighted by atomic mass is 16.3. The van der Waals surface area contributed by atoms with E-state index in [4.69, 9.17) is 0 Å². The second kappa shape index (κ2) is 5.65. The van der Waals surface area contributed by atoms with Crippen molar-refractivity contribution in [3.05, 3.63) is 0 Å². The van der Waals surface area contributed by atoms with Gasteiger partial charge in [0.15, 0.2) is 0 Å². The van der Waals surface area contributed by atoms with Crippen LogP contribution in [0.15, 0.2) is 0 Å². The van der Waals surface area contributed by atoms with Crippen LogP contribution in [-0.4, -0.2) is 6.61 Å². The maximum atomic E-state index is 10.2. The van der Waals surface area contributed by atoms with E-state index in [1.807, 2.05) is 13.8 Å². The van der Waals surface area contributed by atoms with E-state index >= 15 is 0 Å². The van der Waals surface area contributed by atoms with Crippen molar-refractivity contribution in [3.8, 4) is 11.8 Å². The summed E-state index contributed by atoms with van der Waals surface area (Å²) in [5.41, 5.74) is 0. The molecule has 0 fully saturated rings. The van der Waals surface area contributed by atoms with Gasteiger partial charge in [0, 0.05) is 12.8 Å². The molecule has 0 amide bonds. The largest absolute Gasteiger partial charge is 0.236 e. The third-order valence-electron chi connectivity index (χ3n) is 1.04. The Morgan fingerprint density at radius 2 is 2.11 bits per heavy atom. The predicted molar refractivity (Wildman–Crippen MR) is 37.4 cm³/mol. The average Bonchev–Trinajstić information content (AvgIpc) is 1.89. The fourth-order valence-corrected chi connectivity index (χ4v) is 0.430. The van der Waals surface area contributed by atoms with E-state index < -0.39 is 0 Å². The van der Waals surface area contributed by atoms with Gasteiger partial charge >= 0.3 is 0 Å². The summed E-state index contributed by atoms with van der Waals surface area (Å²) in [6, 6.07) is 0. The number of hydrogen-bond acceptors (Lipinski definition) is 0. The molecule has 0 N–H and O–H groups in total. The molecule has 0 saturated carbocycles. The molecule has 0 aromatic rings. The molecule has 0 aliphatic rings. The normalized spacial score (nSPS) is 11.9. The molecule has 1 nitrogen and oxygen atoms in total. The highest BCUT2D eigenvalue weighted by Gasteiger charge is 1.94. The van der Waals surface area contributed by atoms with E-state index in [0.717, 1.165) is 12.8 Å². The SMILES string of the molecule is CCC#CCC(C)C[O]. The molecule has 1 heteroatoms. The molecule has 0 heterocycles. The molecule has 0 spiro atoms. The van der Waals surface area contributed by atoms with Crippen molar-refractivity contribution in [1.82, 2.24) is 0 Å². The van der Waals surface area contributed by atoms with Crippen molar-refractivity contribution in [2.24, 2.45) is 5.92 Å². The Labute approximate surface area is 57.1 Å². The lowest BCUT2D eigenvalue weighted by molar-refractivity contribution is 0.153. The molecule has 1 atom stereocenters. The van der Waals surface area contributed by atoms with Crippen molar-refractivity contribution < 1.29 is 5.11 Å². The van der Waals surface area contributed by atoms with Crippen LogP contribution in [-0.2, 0) is 5.11 Å². The highest BCUT2D eigenvalue weighted by Crippen LogP contribution is 1.97. The van der Waals surface area contributed by atoms with Crippen LogP contribution in [0, 0.1) is 17.8 Å². The van der Waals surface area contributed by atoms with Crippen LogP contribution in [0.5, 0.6) is 0 Å². The lowest BCUT2D eigenvalue weighted by Crippen LogP contribution is -1.96. The average molecular weight is 125 g/mol. The quantitative estimate of drug-likeness (QED) is 0.502. The van der Waals surface area contributed by atoms with E-state index in [9.17, 15) is 5.11 Å². The molecule has 0 saturated heterocycles. The van der Waals surface area contributed by atoms with Gasteiger partial charge in [-0.15, -0.1) is 11.8 Å². The first-order valence-electron chi connectivity index (χ1n) is 3.35. The third-order valence-corrected chi connectivity index (χ3v) is 1.04. The highest BCUT2D eigenvalue weighted by molar-refractivity contribution is 4.98. The molecular formula is C8H13O. The van der Waals surface area contributed by atoms with Crippen molar-refractivity contribution in [1.29, 1.82) is 0 Å². The Kier molecular flexibility index (Phi) is 5.35. The molecule has 0 rings (SSSR count). The summed E-state index contributed by atoms with van der Waals surface area (Å²) in [6.07, 6.45) is 1.66. The Hall–Kier alpha value is -0.480. The second-order valence-corrected chi connectivity index (χ2v) is 2.18. The summed E-state index contributed by atoms with van der Waals surface area (Å²) in [6.45, 7) is 3.94. The zero-order valence-corrected chi connectivity index (χ0v) is 6.11. The molecule has 0 aliphatic heterocycles. The molecule has 0 aromatic carbocycles. The fraction of sp³-hybridized carbons (Fsp3) is 0.750. The maximum Gasteiger partial charge on any atom is 0.0856 e. The van der Waals surface area contributed by atoms with Gasteiger partial charge in [0.1, 0.15) is 0 Å². The van der Waals surface area contributed by atoms with Gasteiger partial charge in [-0.3, -0.25) is 0 Å². The Morgan fingerprint density at radius 1 is 1.44 bits per heavy atom. The van der Waals surface area contributed by atoms with Gasteiger partial charge in [0.25, 0.3) is 0 Å². The van der Waals surface area contributed by atoms with Crippen LogP contribution in [0.4, 0.5) is 0 Å². The zero-order chi connectivity index (χ0) is 7.11. The molecule has 0 aliphatic carbocycles. The van der Waals surface area contributed by atoms with Gasteiger partial charge in [-0.2, -0.15) is 0 Å². The lowest BCUT2D eigenvalue weighted by Gasteiger charge is -1.96. The maximum absolute atomic E-state index is 10.2. The summed E-state index contributed by atoms with van der Waals surface area (Å²) in [7, 11) is 0. The van der Waals surface area contributed by atoms with Gasteiger partial charge in [-0.1, -0.05) is 13.8 Å². The Bertz CT molecular complexity index is 107. The van der Waals surface area contributed by atoms with Gasteiger partial charge in [-0.25, -0.2) is 5.11 Å². The standard InChI is InChI=1S/C8H13O/c1-3-4-5-6-8(2)7-9/h8H,3,6-7H2,1-2H3. The molecular weight excluding hydrogens is 112 g/mol. The van der Waals surface area contributed by atoms with E-state index in [-0.39, 0.29) is 12.5 Å². The fourth-order valence-electron chi connectivity index (χ4n) is 0.430. The minimum Gasteiger partial charge on any atom is -0.236 e. The van der Waals surface area contributed by atoms with E-state index in [1.54, 1.807) is 0 Å². The molecule has 51 valence electrons. The van der Waals surface area contributed by atoms with Gasteiger partial charge in [-0.05, 0) is 5.92 Å². The van der Waals surface area contributed by atoms with Crippen LogP contribution < -0.4 is 0 Å². The molecule has 9 heavy (non-hydrogen) atoms. The lowest BCUT2D eigenvalue weighted by atomic mass is 10.1. The first-order chi connectivity index (χ1) is 4.31. The molecule has 0 bridgehead atoms. The Balaban J connectivity index is 3.25. The predicted octanol–water partition coefficient (Wildman–Crippen LogP) is 1.86. The van der Waals surface area contributed by atoms with Crippen LogP contribution in [0.25, 0.3) is 0 Å². The molecule has 1 unspecified atom stereocenters. The molecule has 1 radical (unpaired) electrons. The monoisotopic (exact) mass is 125 g/mol. The van der Waals surface area contributed by atoms with Crippen molar-refractivity contribution in [3.63, 3.8) is 0 Å². The summed E-state index contributed by atoms with van der Waals surface area (Å²) in [5.74, 6) is 6.09. The summed E-state index contributed by atoms with van der Waals surface area (Å²) < 4.78 is 0. The van der Waals surface area contributed by atoms with E-state index in [0.29, 0.717) is 0 Å². The van der Waals surface area contributed by atoms with Crippen molar-refractivity contribution >= 4 is 0 Å². The number of rotatable bonds is 2. The first-order valence-corrected chi connectivity index (χ1v) is 3.35. The Morgan fingerprint density at radius 3 is 2.56 bits per heavy atom. The summed E-state index contributed by atoms with van der Waals surface area (Å²) in [5, 5.41) is 10.2. The smallest absolute Gasteiger partial charge is 0.0856 e. The minimum atomic E-state index is -0.00159. The summed E-state index contributed by atoms with van der Waals surface area (Å²) >= 11 is 0. The van der Waals surface area contributed by atoms with Crippen molar-refractivity contribution in [2.75, 3.05) is 6.61 Å². The van der Waals surface area contributed by atoms with Crippen LogP contribution in [0.2, 0.25) is 0 Å². The van der Waals surface area contributed by atoms with Crippen molar-refractivity contribution in [2.45, 2.75) is 26.7 Å². The topological polar surface area (TPSA) is 19.9 Å². The van der Waals surface area contributed by atoms with Crippen LogP contribution in [0.1, 0.15) is 26.7 Å². The van der Waals surface area contributed by atoms with E-state index in [1.165, 1.54) is 0 Å². The zero-order valence-electron chi connectivity index (χ0n) is 6.11. The minimum absolute atomic E-state index is 0.00159. The second-order valence-electron chi connectivity index (χ2n) is 2.18. The van der Waals surface area contributed by atoms with Gasteiger partial charge in [0.2, 0.25) is 0 Å². The third kappa shape index (κ3) is 5.39. The number of hydrogen-bond donors (Lipinski definition) is 0. The van der Waals surface area contributed by atoms with Gasteiger partial charge in [0.05, 0.1) is 6.61 Å². The van der Waals surface area contributed by atoms with E-state index in [2.05, 4.69) is 11.8 Å². The summed E-state index contributed by atoms with van der Waals surface area (Å²) in [4.78, 5) is 0. The van der Waals surface area contributed by atoms with Crippen LogP contribution in [0.3, 0.4) is 0 Å². The first kappa shape index (κ1) is 8.52. The van der Waals surface area contributed by atoms with Gasteiger partial charge < -0.3 is 0 Å².